The Bertz CT molecular complexity index is 628. The van der Waals surface area contributed by atoms with E-state index >= 15 is 0 Å². The fourth-order valence-corrected chi connectivity index (χ4v) is 3.23. The maximum absolute atomic E-state index is 5.78. The molecule has 2 aromatic rings. The number of benzene rings is 2. The maximum Gasteiger partial charge on any atom is 0.122 e. The van der Waals surface area contributed by atoms with E-state index in [-0.39, 0.29) is 6.04 Å². The summed E-state index contributed by atoms with van der Waals surface area (Å²) in [4.78, 5) is 0. The largest absolute Gasteiger partial charge is 0.496 e. The van der Waals surface area contributed by atoms with Crippen molar-refractivity contribution in [3.05, 3.63) is 63.1 Å². The fraction of sp³-hybridized carbons (Fsp3) is 0.294. The molecule has 3 N–H and O–H groups in total. The van der Waals surface area contributed by atoms with E-state index in [4.69, 9.17) is 10.6 Å². The van der Waals surface area contributed by atoms with Gasteiger partial charge in [-0.3, -0.25) is 11.3 Å². The monoisotopic (exact) mass is 348 g/mol. The molecule has 0 heterocycles. The molecule has 0 aliphatic carbocycles. The number of hydrogen-bond acceptors (Lipinski definition) is 3. The molecule has 0 aliphatic rings. The van der Waals surface area contributed by atoms with Gasteiger partial charge in [-0.05, 0) is 49.1 Å². The van der Waals surface area contributed by atoms with Crippen LogP contribution in [0.5, 0.6) is 5.75 Å². The minimum Gasteiger partial charge on any atom is -0.496 e. The van der Waals surface area contributed by atoms with Crippen LogP contribution in [0.4, 0.5) is 0 Å². The zero-order chi connectivity index (χ0) is 15.4. The highest BCUT2D eigenvalue weighted by molar-refractivity contribution is 9.10. The van der Waals surface area contributed by atoms with Gasteiger partial charge in [-0.2, -0.15) is 0 Å². The molecule has 112 valence electrons. The molecule has 2 rings (SSSR count). The second-order valence-electron chi connectivity index (χ2n) is 5.26. The molecule has 21 heavy (non-hydrogen) atoms. The summed E-state index contributed by atoms with van der Waals surface area (Å²) in [5.41, 5.74) is 7.63. The van der Waals surface area contributed by atoms with Gasteiger partial charge in [0.15, 0.2) is 0 Å². The fourth-order valence-electron chi connectivity index (χ4n) is 2.46. The van der Waals surface area contributed by atoms with Crippen molar-refractivity contribution in [1.29, 1.82) is 0 Å². The summed E-state index contributed by atoms with van der Waals surface area (Å²) in [5, 5.41) is 0. The van der Waals surface area contributed by atoms with E-state index in [9.17, 15) is 0 Å². The van der Waals surface area contributed by atoms with Crippen LogP contribution in [0.1, 0.15) is 28.3 Å². The van der Waals surface area contributed by atoms with Crippen molar-refractivity contribution in [1.82, 2.24) is 5.43 Å². The molecular weight excluding hydrogens is 328 g/mol. The predicted molar refractivity (Wildman–Crippen MR) is 90.4 cm³/mol. The lowest BCUT2D eigenvalue weighted by atomic mass is 9.97. The molecule has 4 heteroatoms. The lowest BCUT2D eigenvalue weighted by Crippen LogP contribution is -2.30. The molecule has 0 amide bonds. The average Bonchev–Trinajstić information content (AvgIpc) is 2.45. The molecule has 0 saturated carbocycles. The van der Waals surface area contributed by atoms with Crippen molar-refractivity contribution in [3.8, 4) is 5.75 Å². The van der Waals surface area contributed by atoms with Crippen LogP contribution in [0.25, 0.3) is 0 Å². The van der Waals surface area contributed by atoms with Crippen molar-refractivity contribution in [2.24, 2.45) is 5.84 Å². The Balaban J connectivity index is 2.33. The highest BCUT2D eigenvalue weighted by Gasteiger charge is 2.16. The first-order valence-electron chi connectivity index (χ1n) is 6.91. The van der Waals surface area contributed by atoms with Crippen molar-refractivity contribution < 1.29 is 4.74 Å². The van der Waals surface area contributed by atoms with E-state index in [1.54, 1.807) is 7.11 Å². The van der Waals surface area contributed by atoms with Gasteiger partial charge in [-0.25, -0.2) is 0 Å². The molecule has 0 fully saturated rings. The van der Waals surface area contributed by atoms with Crippen LogP contribution in [0.2, 0.25) is 0 Å². The zero-order valence-corrected chi connectivity index (χ0v) is 14.2. The lowest BCUT2D eigenvalue weighted by molar-refractivity contribution is 0.405. The highest BCUT2D eigenvalue weighted by Crippen LogP contribution is 2.30. The molecular formula is C17H21BrN2O. The number of nitrogens with two attached hydrogens (primary N) is 1. The number of hydrazine groups is 1. The number of nitrogens with one attached hydrogen (secondary N) is 1. The number of ether oxygens (including phenoxy) is 1. The number of hydrogen-bond donors (Lipinski definition) is 2. The van der Waals surface area contributed by atoms with Crippen LogP contribution >= 0.6 is 15.9 Å². The van der Waals surface area contributed by atoms with Gasteiger partial charge < -0.3 is 4.74 Å². The van der Waals surface area contributed by atoms with E-state index in [1.807, 2.05) is 6.07 Å². The van der Waals surface area contributed by atoms with Crippen LogP contribution in [-0.2, 0) is 6.42 Å². The summed E-state index contributed by atoms with van der Waals surface area (Å²) >= 11 is 3.63. The third-order valence-corrected chi connectivity index (χ3v) is 4.28. The Morgan fingerprint density at radius 2 is 1.81 bits per heavy atom. The van der Waals surface area contributed by atoms with E-state index in [2.05, 4.69) is 65.5 Å². The van der Waals surface area contributed by atoms with Gasteiger partial charge in [-0.1, -0.05) is 45.8 Å². The summed E-state index contributed by atoms with van der Waals surface area (Å²) in [6.07, 6.45) is 0.767. The second-order valence-corrected chi connectivity index (χ2v) is 6.12. The third kappa shape index (κ3) is 3.84. The maximum atomic E-state index is 5.78. The first kappa shape index (κ1) is 16.0. The van der Waals surface area contributed by atoms with Gasteiger partial charge in [0.05, 0.1) is 13.2 Å². The van der Waals surface area contributed by atoms with Crippen LogP contribution in [0, 0.1) is 13.8 Å². The smallest absolute Gasteiger partial charge is 0.122 e. The SMILES string of the molecule is COc1ccc(C)cc1CC(NN)c1ccc(C)cc1Br. The van der Waals surface area contributed by atoms with E-state index in [0.29, 0.717) is 0 Å². The molecule has 0 aromatic heterocycles. The van der Waals surface area contributed by atoms with Gasteiger partial charge in [0.1, 0.15) is 5.75 Å². The Morgan fingerprint density at radius 3 is 2.43 bits per heavy atom. The molecule has 0 spiro atoms. The number of aryl methyl sites for hydroxylation is 2. The Labute approximate surface area is 134 Å². The molecule has 0 saturated heterocycles. The van der Waals surface area contributed by atoms with Crippen LogP contribution in [-0.4, -0.2) is 7.11 Å². The van der Waals surface area contributed by atoms with Crippen molar-refractivity contribution >= 4 is 15.9 Å². The Morgan fingerprint density at radius 1 is 1.14 bits per heavy atom. The summed E-state index contributed by atoms with van der Waals surface area (Å²) in [6.45, 7) is 4.15. The van der Waals surface area contributed by atoms with Crippen LogP contribution < -0.4 is 16.0 Å². The van der Waals surface area contributed by atoms with Gasteiger partial charge >= 0.3 is 0 Å². The summed E-state index contributed by atoms with van der Waals surface area (Å²) < 4.78 is 6.52. The van der Waals surface area contributed by atoms with E-state index < -0.39 is 0 Å². The predicted octanol–water partition coefficient (Wildman–Crippen LogP) is 3.82. The average molecular weight is 349 g/mol. The van der Waals surface area contributed by atoms with Crippen LogP contribution in [0.15, 0.2) is 40.9 Å². The summed E-state index contributed by atoms with van der Waals surface area (Å²) in [6, 6.07) is 12.5. The van der Waals surface area contributed by atoms with Gasteiger partial charge in [0.25, 0.3) is 0 Å². The Hall–Kier alpha value is -1.36. The molecule has 3 nitrogen and oxygen atoms in total. The summed E-state index contributed by atoms with van der Waals surface area (Å²) in [7, 11) is 1.70. The molecule has 0 bridgehead atoms. The molecule has 2 aromatic carbocycles. The number of rotatable bonds is 5. The van der Waals surface area contributed by atoms with E-state index in [0.717, 1.165) is 27.8 Å². The quantitative estimate of drug-likeness (QED) is 0.637. The normalized spacial score (nSPS) is 12.2. The zero-order valence-electron chi connectivity index (χ0n) is 12.6. The molecule has 1 unspecified atom stereocenters. The standard InChI is InChI=1S/C17H21BrN2O/c1-11-5-7-17(21-3)13(8-11)10-16(20-19)14-6-4-12(2)9-15(14)18/h4-9,16,20H,10,19H2,1-3H3. The van der Waals surface area contributed by atoms with Crippen molar-refractivity contribution in [3.63, 3.8) is 0 Å². The van der Waals surface area contributed by atoms with Crippen LogP contribution in [0.3, 0.4) is 0 Å². The minimum absolute atomic E-state index is 0.0238. The van der Waals surface area contributed by atoms with Crippen molar-refractivity contribution in [2.45, 2.75) is 26.3 Å². The minimum atomic E-state index is 0.0238. The van der Waals surface area contributed by atoms with Gasteiger partial charge in [-0.15, -0.1) is 0 Å². The van der Waals surface area contributed by atoms with Gasteiger partial charge in [0.2, 0.25) is 0 Å². The first-order valence-corrected chi connectivity index (χ1v) is 7.70. The summed E-state index contributed by atoms with van der Waals surface area (Å²) in [5.74, 6) is 6.67. The second kappa shape index (κ2) is 7.07. The molecule has 1 atom stereocenters. The van der Waals surface area contributed by atoms with E-state index in [1.165, 1.54) is 11.1 Å². The number of halogens is 1. The topological polar surface area (TPSA) is 47.3 Å². The van der Waals surface area contributed by atoms with Gasteiger partial charge in [0, 0.05) is 4.47 Å². The first-order chi connectivity index (χ1) is 10.0. The lowest BCUT2D eigenvalue weighted by Gasteiger charge is -2.20. The molecule has 0 aliphatic heterocycles. The molecule has 0 radical (unpaired) electrons. The third-order valence-electron chi connectivity index (χ3n) is 3.59. The Kier molecular flexibility index (Phi) is 5.39. The van der Waals surface area contributed by atoms with Crippen molar-refractivity contribution in [2.75, 3.05) is 7.11 Å². The highest BCUT2D eigenvalue weighted by atomic mass is 79.9. The number of methoxy groups -OCH3 is 1.